The van der Waals surface area contributed by atoms with Gasteiger partial charge in [0.15, 0.2) is 5.54 Å². The first-order chi connectivity index (χ1) is 18.0. The molecule has 0 spiro atoms. The van der Waals surface area contributed by atoms with Gasteiger partial charge in [-0.2, -0.15) is 0 Å². The fraction of sp³-hybridized carbons (Fsp3) is 0.348. The maximum atomic E-state index is 15.2. The van der Waals surface area contributed by atoms with E-state index in [1.54, 1.807) is 6.92 Å². The molecule has 0 bridgehead atoms. The summed E-state index contributed by atoms with van der Waals surface area (Å²) in [6.45, 7) is 2.06. The zero-order valence-corrected chi connectivity index (χ0v) is 22.2. The van der Waals surface area contributed by atoms with Crippen LogP contribution in [-0.2, 0) is 9.53 Å². The molecule has 3 heterocycles. The highest BCUT2D eigenvalue weighted by atomic mass is 35.5. The number of rotatable bonds is 9. The summed E-state index contributed by atoms with van der Waals surface area (Å²) in [5.74, 6) is -2.00. The number of halogens is 5. The molecule has 38 heavy (non-hydrogen) atoms. The van der Waals surface area contributed by atoms with Crippen LogP contribution in [0, 0.1) is 12.7 Å². The Morgan fingerprint density at radius 3 is 2.58 bits per heavy atom. The lowest BCUT2D eigenvalue weighted by Crippen LogP contribution is -2.70. The number of benzene rings is 1. The van der Waals surface area contributed by atoms with Gasteiger partial charge in [0.2, 0.25) is 0 Å². The smallest absolute Gasteiger partial charge is 0.272 e. The maximum Gasteiger partial charge on any atom is 0.272 e. The van der Waals surface area contributed by atoms with E-state index < -0.39 is 42.2 Å². The van der Waals surface area contributed by atoms with Crippen molar-refractivity contribution in [1.82, 2.24) is 25.2 Å². The molecule has 2 amide bonds. The molecule has 1 atom stereocenters. The standard InChI is InChI=1S/C23H20Cl2F3N5O4S/c1-10(30-22(35)23(8-36-9-23)31-21(34)20-11(2)32-33-38-20)18-16(26)3-12(6-29-18)14-4-13(24)5-15(25)19(14)37-7-17(27)28/h3-6,10,17H,7-9H2,1-2H3,(H,30,35)(H,31,34). The molecule has 202 valence electrons. The Hall–Kier alpha value is -3.00. The number of hydrogen-bond donors (Lipinski definition) is 2. The number of ether oxygens (including phenoxy) is 2. The third-order valence-electron chi connectivity index (χ3n) is 5.64. The molecule has 9 nitrogen and oxygen atoms in total. The molecule has 2 aromatic heterocycles. The Labute approximate surface area is 228 Å². The molecule has 1 unspecified atom stereocenters. The van der Waals surface area contributed by atoms with E-state index in [9.17, 15) is 18.4 Å². The highest BCUT2D eigenvalue weighted by molar-refractivity contribution is 7.08. The topological polar surface area (TPSA) is 115 Å². The van der Waals surface area contributed by atoms with E-state index in [1.165, 1.54) is 25.3 Å². The first-order valence-corrected chi connectivity index (χ1v) is 12.6. The molecule has 1 saturated heterocycles. The second-order valence-corrected chi connectivity index (χ2v) is 10.1. The van der Waals surface area contributed by atoms with Crippen LogP contribution in [-0.4, -0.2) is 58.2 Å². The minimum Gasteiger partial charge on any atom is -0.485 e. The van der Waals surface area contributed by atoms with Gasteiger partial charge in [-0.1, -0.05) is 27.7 Å². The molecular formula is C23H20Cl2F3N5O4S. The maximum absolute atomic E-state index is 15.2. The number of aryl methyl sites for hydroxylation is 1. The van der Waals surface area contributed by atoms with Crippen molar-refractivity contribution in [2.24, 2.45) is 0 Å². The van der Waals surface area contributed by atoms with Crippen LogP contribution in [0.5, 0.6) is 5.75 Å². The Kier molecular flexibility index (Phi) is 8.40. The van der Waals surface area contributed by atoms with Crippen LogP contribution in [0.25, 0.3) is 11.1 Å². The van der Waals surface area contributed by atoms with E-state index in [-0.39, 0.29) is 50.7 Å². The van der Waals surface area contributed by atoms with Gasteiger partial charge in [-0.25, -0.2) is 13.2 Å². The lowest BCUT2D eigenvalue weighted by atomic mass is 9.95. The highest BCUT2D eigenvalue weighted by Crippen LogP contribution is 2.39. The van der Waals surface area contributed by atoms with Crippen molar-refractivity contribution in [2.75, 3.05) is 19.8 Å². The summed E-state index contributed by atoms with van der Waals surface area (Å²) >= 11 is 13.1. The van der Waals surface area contributed by atoms with Crippen molar-refractivity contribution in [1.29, 1.82) is 0 Å². The minimum atomic E-state index is -2.76. The van der Waals surface area contributed by atoms with Gasteiger partial charge in [0.25, 0.3) is 18.2 Å². The predicted molar refractivity (Wildman–Crippen MR) is 133 cm³/mol. The second-order valence-electron chi connectivity index (χ2n) is 8.47. The van der Waals surface area contributed by atoms with Gasteiger partial charge in [0.05, 0.1) is 35.7 Å². The Morgan fingerprint density at radius 1 is 1.26 bits per heavy atom. The zero-order valence-electron chi connectivity index (χ0n) is 19.9. The number of carbonyl (C=O) groups excluding carboxylic acids is 2. The van der Waals surface area contributed by atoms with E-state index in [4.69, 9.17) is 32.7 Å². The lowest BCUT2D eigenvalue weighted by molar-refractivity contribution is -0.147. The molecule has 2 N–H and O–H groups in total. The Morgan fingerprint density at radius 2 is 2.00 bits per heavy atom. The van der Waals surface area contributed by atoms with Crippen molar-refractivity contribution in [3.63, 3.8) is 0 Å². The van der Waals surface area contributed by atoms with Crippen molar-refractivity contribution < 1.29 is 32.2 Å². The summed E-state index contributed by atoms with van der Waals surface area (Å²) < 4.78 is 54.6. The predicted octanol–water partition coefficient (Wildman–Crippen LogP) is 4.37. The molecule has 4 rings (SSSR count). The quantitative estimate of drug-likeness (QED) is 0.380. The monoisotopic (exact) mass is 589 g/mol. The lowest BCUT2D eigenvalue weighted by Gasteiger charge is -2.40. The van der Waals surface area contributed by atoms with Crippen LogP contribution < -0.4 is 15.4 Å². The molecule has 1 fully saturated rings. The molecule has 0 saturated carbocycles. The van der Waals surface area contributed by atoms with E-state index >= 15 is 4.39 Å². The third kappa shape index (κ3) is 5.85. The van der Waals surface area contributed by atoms with Gasteiger partial charge < -0.3 is 20.1 Å². The van der Waals surface area contributed by atoms with E-state index in [2.05, 4.69) is 25.2 Å². The number of amides is 2. The summed E-state index contributed by atoms with van der Waals surface area (Å²) in [6.07, 6.45) is -1.48. The first kappa shape index (κ1) is 28.0. The number of nitrogens with zero attached hydrogens (tertiary/aromatic N) is 3. The number of pyridine rings is 1. The van der Waals surface area contributed by atoms with Crippen molar-refractivity contribution in [2.45, 2.75) is 31.9 Å². The molecule has 1 aliphatic heterocycles. The molecule has 15 heteroatoms. The summed E-state index contributed by atoms with van der Waals surface area (Å²) in [5.41, 5.74) is -0.699. The number of hydrogen-bond acceptors (Lipinski definition) is 8. The van der Waals surface area contributed by atoms with Gasteiger partial charge in [-0.05, 0) is 43.6 Å². The number of alkyl halides is 2. The first-order valence-electron chi connectivity index (χ1n) is 11.1. The summed E-state index contributed by atoms with van der Waals surface area (Å²) in [5, 5.41) is 9.25. The molecule has 3 aromatic rings. The fourth-order valence-corrected chi connectivity index (χ4v) is 4.77. The number of nitrogens with one attached hydrogen (secondary N) is 2. The Balaban J connectivity index is 1.52. The summed E-state index contributed by atoms with van der Waals surface area (Å²) in [4.78, 5) is 30.1. The Bertz CT molecular complexity index is 1370. The van der Waals surface area contributed by atoms with E-state index in [0.717, 1.165) is 17.6 Å². The van der Waals surface area contributed by atoms with Crippen LogP contribution in [0.3, 0.4) is 0 Å². The zero-order chi connectivity index (χ0) is 27.6. The average Bonchev–Trinajstić information content (AvgIpc) is 3.25. The van der Waals surface area contributed by atoms with Gasteiger partial charge >= 0.3 is 0 Å². The molecular weight excluding hydrogens is 570 g/mol. The highest BCUT2D eigenvalue weighted by Gasteiger charge is 2.48. The fourth-order valence-electron chi connectivity index (χ4n) is 3.67. The van der Waals surface area contributed by atoms with Crippen molar-refractivity contribution >= 4 is 46.5 Å². The average molecular weight is 590 g/mol. The SMILES string of the molecule is Cc1nnsc1C(=O)NC1(C(=O)NC(C)c2ncc(-c3cc(Cl)cc(Cl)c3OCC(F)F)cc2F)COC1. The normalized spacial score (nSPS) is 15.1. The molecule has 0 radical (unpaired) electrons. The van der Waals surface area contributed by atoms with Crippen molar-refractivity contribution in [3.05, 3.63) is 56.5 Å². The minimum absolute atomic E-state index is 0.0300. The molecule has 1 aromatic carbocycles. The summed E-state index contributed by atoms with van der Waals surface area (Å²) in [7, 11) is 0. The molecule has 0 aliphatic carbocycles. The molecule has 1 aliphatic rings. The van der Waals surface area contributed by atoms with Crippen LogP contribution in [0.2, 0.25) is 10.0 Å². The van der Waals surface area contributed by atoms with Crippen molar-refractivity contribution in [3.8, 4) is 16.9 Å². The number of aromatic nitrogens is 3. The van der Waals surface area contributed by atoms with Crippen LogP contribution in [0.1, 0.15) is 34.0 Å². The van der Waals surface area contributed by atoms with Gasteiger partial charge in [0.1, 0.15) is 23.1 Å². The van der Waals surface area contributed by atoms with Crippen LogP contribution in [0.15, 0.2) is 24.4 Å². The van der Waals surface area contributed by atoms with Crippen LogP contribution in [0.4, 0.5) is 13.2 Å². The largest absolute Gasteiger partial charge is 0.485 e. The third-order valence-corrected chi connectivity index (χ3v) is 6.97. The van der Waals surface area contributed by atoms with Gasteiger partial charge in [-0.15, -0.1) is 5.10 Å². The second kappa shape index (κ2) is 11.4. The van der Waals surface area contributed by atoms with Gasteiger partial charge in [-0.3, -0.25) is 14.6 Å². The number of carbonyl (C=O) groups is 2. The van der Waals surface area contributed by atoms with E-state index in [0.29, 0.717) is 5.69 Å². The van der Waals surface area contributed by atoms with E-state index in [1.807, 2.05) is 0 Å². The van der Waals surface area contributed by atoms with Crippen LogP contribution >= 0.6 is 34.7 Å². The summed E-state index contributed by atoms with van der Waals surface area (Å²) in [6, 6.07) is 2.90. The van der Waals surface area contributed by atoms with Gasteiger partial charge in [0, 0.05) is 22.3 Å².